The van der Waals surface area contributed by atoms with Gasteiger partial charge in [-0.2, -0.15) is 13.2 Å². The third kappa shape index (κ3) is 3.82. The van der Waals surface area contributed by atoms with E-state index in [1.165, 1.54) is 11.8 Å². The molecular formula is C11H22F3N3. The van der Waals surface area contributed by atoms with Crippen molar-refractivity contribution < 1.29 is 13.2 Å². The molecule has 0 aromatic rings. The van der Waals surface area contributed by atoms with Crippen LogP contribution in [0.4, 0.5) is 13.2 Å². The van der Waals surface area contributed by atoms with Crippen molar-refractivity contribution >= 4 is 0 Å². The monoisotopic (exact) mass is 253 g/mol. The lowest BCUT2D eigenvalue weighted by Crippen LogP contribution is -2.58. The van der Waals surface area contributed by atoms with Gasteiger partial charge in [0.05, 0.1) is 0 Å². The van der Waals surface area contributed by atoms with Crippen LogP contribution in [-0.2, 0) is 0 Å². The molecule has 0 aromatic carbocycles. The van der Waals surface area contributed by atoms with Gasteiger partial charge in [0.25, 0.3) is 0 Å². The summed E-state index contributed by atoms with van der Waals surface area (Å²) in [6.45, 7) is 2.36. The quantitative estimate of drug-likeness (QED) is 0.822. The van der Waals surface area contributed by atoms with Crippen LogP contribution in [0.1, 0.15) is 19.8 Å². The molecule has 0 amide bonds. The van der Waals surface area contributed by atoms with E-state index in [4.69, 9.17) is 5.73 Å². The first-order valence-corrected chi connectivity index (χ1v) is 5.96. The first kappa shape index (κ1) is 14.7. The largest absolute Gasteiger partial charge is 0.405 e. The standard InChI is InChI=1S/C11H22F3N3/c1-8(15)10(11(12,13)14)17-6-4-9(5-7-17)16(2)3/h8-10H,4-7,15H2,1-3H3. The number of nitrogens with zero attached hydrogens (tertiary/aromatic N) is 2. The summed E-state index contributed by atoms with van der Waals surface area (Å²) in [7, 11) is 3.93. The van der Waals surface area contributed by atoms with E-state index in [0.717, 1.165) is 12.8 Å². The minimum Gasteiger partial charge on any atom is -0.326 e. The Morgan fingerprint density at radius 3 is 2.00 bits per heavy atom. The van der Waals surface area contributed by atoms with E-state index in [1.54, 1.807) is 0 Å². The first-order chi connectivity index (χ1) is 7.73. The van der Waals surface area contributed by atoms with E-state index < -0.39 is 18.3 Å². The third-order valence-electron chi connectivity index (χ3n) is 3.46. The summed E-state index contributed by atoms with van der Waals surface area (Å²) < 4.78 is 38.6. The van der Waals surface area contributed by atoms with Crippen LogP contribution in [0.2, 0.25) is 0 Å². The molecule has 0 bridgehead atoms. The summed E-state index contributed by atoms with van der Waals surface area (Å²) in [6, 6.07) is -2.01. The zero-order valence-corrected chi connectivity index (χ0v) is 10.7. The molecule has 2 unspecified atom stereocenters. The number of rotatable bonds is 3. The Kier molecular flexibility index (Phi) is 4.80. The second-order valence-corrected chi connectivity index (χ2v) is 5.08. The molecule has 3 nitrogen and oxygen atoms in total. The van der Waals surface area contributed by atoms with Gasteiger partial charge in [-0.15, -0.1) is 0 Å². The number of alkyl halides is 3. The van der Waals surface area contributed by atoms with Crippen LogP contribution < -0.4 is 5.73 Å². The summed E-state index contributed by atoms with van der Waals surface area (Å²) >= 11 is 0. The van der Waals surface area contributed by atoms with Gasteiger partial charge in [0.15, 0.2) is 0 Å². The van der Waals surface area contributed by atoms with Gasteiger partial charge in [-0.1, -0.05) is 0 Å². The van der Waals surface area contributed by atoms with Gasteiger partial charge in [0, 0.05) is 25.2 Å². The van der Waals surface area contributed by atoms with E-state index >= 15 is 0 Å². The molecule has 102 valence electrons. The average molecular weight is 253 g/mol. The van der Waals surface area contributed by atoms with Crippen LogP contribution in [-0.4, -0.2) is 61.3 Å². The highest BCUT2D eigenvalue weighted by molar-refractivity contribution is 4.89. The highest BCUT2D eigenvalue weighted by atomic mass is 19.4. The van der Waals surface area contributed by atoms with E-state index in [9.17, 15) is 13.2 Å². The number of nitrogens with two attached hydrogens (primary N) is 1. The molecule has 1 aliphatic heterocycles. The fourth-order valence-corrected chi connectivity index (χ4v) is 2.52. The van der Waals surface area contributed by atoms with Gasteiger partial charge in [-0.3, -0.25) is 4.90 Å². The highest BCUT2D eigenvalue weighted by Crippen LogP contribution is 2.29. The lowest BCUT2D eigenvalue weighted by molar-refractivity contribution is -0.191. The van der Waals surface area contributed by atoms with Gasteiger partial charge in [0.1, 0.15) is 6.04 Å². The molecule has 2 atom stereocenters. The van der Waals surface area contributed by atoms with Gasteiger partial charge >= 0.3 is 6.18 Å². The van der Waals surface area contributed by atoms with Gasteiger partial charge < -0.3 is 10.6 Å². The van der Waals surface area contributed by atoms with Crippen LogP contribution in [0, 0.1) is 0 Å². The fraction of sp³-hybridized carbons (Fsp3) is 1.00. The van der Waals surface area contributed by atoms with Crippen molar-refractivity contribution in [3.05, 3.63) is 0 Å². The second kappa shape index (κ2) is 5.54. The molecule has 1 saturated heterocycles. The Labute approximate surface area is 101 Å². The fourth-order valence-electron chi connectivity index (χ4n) is 2.52. The number of hydrogen-bond acceptors (Lipinski definition) is 3. The van der Waals surface area contributed by atoms with Crippen molar-refractivity contribution in [2.24, 2.45) is 5.73 Å². The molecule has 1 aliphatic rings. The number of piperidine rings is 1. The maximum absolute atomic E-state index is 12.9. The highest BCUT2D eigenvalue weighted by Gasteiger charge is 2.46. The van der Waals surface area contributed by atoms with Gasteiger partial charge in [-0.25, -0.2) is 0 Å². The molecule has 1 heterocycles. The minimum absolute atomic E-state index is 0.383. The molecule has 0 saturated carbocycles. The minimum atomic E-state index is -4.24. The Balaban J connectivity index is 2.62. The topological polar surface area (TPSA) is 32.5 Å². The molecule has 17 heavy (non-hydrogen) atoms. The van der Waals surface area contributed by atoms with E-state index in [-0.39, 0.29) is 0 Å². The Morgan fingerprint density at radius 2 is 1.71 bits per heavy atom. The molecule has 1 rings (SSSR count). The zero-order chi connectivity index (χ0) is 13.2. The van der Waals surface area contributed by atoms with Crippen molar-refractivity contribution in [1.82, 2.24) is 9.80 Å². The van der Waals surface area contributed by atoms with Crippen molar-refractivity contribution in [3.8, 4) is 0 Å². The lowest BCUT2D eigenvalue weighted by atomic mass is 9.99. The van der Waals surface area contributed by atoms with Crippen LogP contribution in [0.5, 0.6) is 0 Å². The predicted octanol–water partition coefficient (Wildman–Crippen LogP) is 1.29. The normalized spacial score (nSPS) is 24.0. The van der Waals surface area contributed by atoms with Crippen LogP contribution in [0.15, 0.2) is 0 Å². The van der Waals surface area contributed by atoms with E-state index in [2.05, 4.69) is 4.90 Å². The summed E-state index contributed by atoms with van der Waals surface area (Å²) in [6.07, 6.45) is -2.70. The Bertz CT molecular complexity index is 233. The van der Waals surface area contributed by atoms with Crippen molar-refractivity contribution in [2.45, 2.75) is 44.1 Å². The lowest BCUT2D eigenvalue weighted by Gasteiger charge is -2.41. The number of hydrogen-bond donors (Lipinski definition) is 1. The molecule has 0 aliphatic carbocycles. The van der Waals surface area contributed by atoms with Crippen molar-refractivity contribution in [3.63, 3.8) is 0 Å². The summed E-state index contributed by atoms with van der Waals surface area (Å²) in [5, 5.41) is 0. The smallest absolute Gasteiger partial charge is 0.326 e. The Morgan fingerprint density at radius 1 is 1.24 bits per heavy atom. The summed E-state index contributed by atoms with van der Waals surface area (Å²) in [5.74, 6) is 0. The molecule has 0 radical (unpaired) electrons. The van der Waals surface area contributed by atoms with Gasteiger partial charge in [0.2, 0.25) is 0 Å². The van der Waals surface area contributed by atoms with Crippen LogP contribution >= 0.6 is 0 Å². The number of halogens is 3. The molecule has 1 fully saturated rings. The molecular weight excluding hydrogens is 231 g/mol. The van der Waals surface area contributed by atoms with Crippen LogP contribution in [0.25, 0.3) is 0 Å². The first-order valence-electron chi connectivity index (χ1n) is 5.96. The van der Waals surface area contributed by atoms with Crippen molar-refractivity contribution in [1.29, 1.82) is 0 Å². The molecule has 0 spiro atoms. The van der Waals surface area contributed by atoms with E-state index in [0.29, 0.717) is 19.1 Å². The molecule has 0 aromatic heterocycles. The number of likely N-dealkylation sites (tertiary alicyclic amines) is 1. The second-order valence-electron chi connectivity index (χ2n) is 5.08. The third-order valence-corrected chi connectivity index (χ3v) is 3.46. The molecule has 6 heteroatoms. The predicted molar refractivity (Wildman–Crippen MR) is 61.8 cm³/mol. The van der Waals surface area contributed by atoms with Crippen molar-refractivity contribution in [2.75, 3.05) is 27.2 Å². The maximum atomic E-state index is 12.9. The Hall–Kier alpha value is -0.330. The SMILES string of the molecule is CC(N)C(N1CCC(N(C)C)CC1)C(F)(F)F. The van der Waals surface area contributed by atoms with E-state index in [1.807, 2.05) is 14.1 Å². The summed E-state index contributed by atoms with van der Waals surface area (Å²) in [4.78, 5) is 3.55. The zero-order valence-electron chi connectivity index (χ0n) is 10.7. The van der Waals surface area contributed by atoms with Crippen LogP contribution in [0.3, 0.4) is 0 Å². The average Bonchev–Trinajstić information content (AvgIpc) is 2.15. The molecule has 2 N–H and O–H groups in total. The maximum Gasteiger partial charge on any atom is 0.405 e. The van der Waals surface area contributed by atoms with Gasteiger partial charge in [-0.05, 0) is 33.9 Å². The summed E-state index contributed by atoms with van der Waals surface area (Å²) in [5.41, 5.74) is 5.48.